The van der Waals surface area contributed by atoms with E-state index in [1.807, 2.05) is 12.3 Å². The molecule has 0 aliphatic heterocycles. The second-order valence-corrected chi connectivity index (χ2v) is 27.2. The van der Waals surface area contributed by atoms with E-state index >= 15 is 0 Å². The zero-order valence-electron chi connectivity index (χ0n) is 40.9. The minimum atomic E-state index is -3.54. The van der Waals surface area contributed by atoms with Crippen LogP contribution in [0.4, 0.5) is 0 Å². The van der Waals surface area contributed by atoms with Gasteiger partial charge in [0.2, 0.25) is 0 Å². The van der Waals surface area contributed by atoms with Crippen LogP contribution in [0.25, 0.3) is 89.1 Å². The van der Waals surface area contributed by atoms with Crippen LogP contribution in [-0.2, 0) is 6.42 Å². The van der Waals surface area contributed by atoms with E-state index < -0.39 is 13.3 Å². The van der Waals surface area contributed by atoms with Crippen LogP contribution < -0.4 is 13.2 Å². The Morgan fingerprint density at radius 1 is 0.432 bits per heavy atom. The van der Waals surface area contributed by atoms with Crippen LogP contribution in [-0.4, -0.2) is 27.4 Å². The number of aromatic nitrogens is 3. The second kappa shape index (κ2) is 18.9. The van der Waals surface area contributed by atoms with Crippen LogP contribution in [0.5, 0.6) is 0 Å². The average Bonchev–Trinajstić information content (AvgIpc) is 4.21. The molecule has 2 heterocycles. The number of para-hydroxylation sites is 2. The van der Waals surface area contributed by atoms with Crippen LogP contribution in [0.3, 0.4) is 0 Å². The number of benzene rings is 10. The van der Waals surface area contributed by atoms with E-state index in [0.29, 0.717) is 0 Å². The summed E-state index contributed by atoms with van der Waals surface area (Å²) in [6.45, 7) is 8.52. The van der Waals surface area contributed by atoms with E-state index in [4.69, 9.17) is 4.98 Å². The predicted octanol–water partition coefficient (Wildman–Crippen LogP) is 15.5. The van der Waals surface area contributed by atoms with Crippen LogP contribution in [0.1, 0.15) is 11.1 Å². The van der Waals surface area contributed by atoms with Gasteiger partial charge in [-0.3, -0.25) is 4.57 Å². The first kappa shape index (κ1) is 44.9. The van der Waals surface area contributed by atoms with Crippen molar-refractivity contribution in [1.82, 2.24) is 14.1 Å². The third-order valence-electron chi connectivity index (χ3n) is 15.1. The van der Waals surface area contributed by atoms with Crippen molar-refractivity contribution in [3.05, 3.63) is 302 Å². The summed E-state index contributed by atoms with van der Waals surface area (Å²) < 4.78 is 9.89. The fourth-order valence-electron chi connectivity index (χ4n) is 11.7. The third kappa shape index (κ3) is 7.64. The van der Waals surface area contributed by atoms with E-state index in [1.54, 1.807) is 0 Å². The van der Waals surface area contributed by atoms with Crippen molar-refractivity contribution in [2.75, 3.05) is 0 Å². The van der Waals surface area contributed by atoms with Crippen molar-refractivity contribution < 1.29 is 0 Å². The van der Waals surface area contributed by atoms with Gasteiger partial charge in [-0.15, -0.1) is 0 Å². The number of rotatable bonds is 12. The summed E-state index contributed by atoms with van der Waals surface area (Å²) in [5.41, 5.74) is 18.1. The molecule has 10 aromatic carbocycles. The van der Waals surface area contributed by atoms with Crippen molar-refractivity contribution in [3.63, 3.8) is 0 Å². The van der Waals surface area contributed by atoms with Crippen molar-refractivity contribution in [2.24, 2.45) is 0 Å². The predicted molar refractivity (Wildman–Crippen MR) is 314 cm³/mol. The first-order valence-corrected chi connectivity index (χ1v) is 29.6. The molecule has 3 nitrogen and oxygen atoms in total. The van der Waals surface area contributed by atoms with E-state index in [1.165, 1.54) is 95.0 Å². The van der Waals surface area contributed by atoms with Crippen molar-refractivity contribution >= 4 is 48.3 Å². The molecule has 13 rings (SSSR count). The molecule has 0 spiro atoms. The van der Waals surface area contributed by atoms with Gasteiger partial charge in [-0.1, -0.05) is 42.5 Å². The molecular weight excluding hydrogens is 955 g/mol. The number of fused-ring (bicyclic) bond motifs is 6. The molecule has 1 aliphatic rings. The van der Waals surface area contributed by atoms with Gasteiger partial charge in [0.15, 0.2) is 0 Å². The summed E-state index contributed by atoms with van der Waals surface area (Å²) in [5.74, 6) is 0.918. The first-order valence-electron chi connectivity index (χ1n) is 25.4. The van der Waals surface area contributed by atoms with Crippen molar-refractivity contribution in [1.29, 1.82) is 0 Å². The molecule has 1 aliphatic carbocycles. The van der Waals surface area contributed by atoms with E-state index in [-0.39, 0.29) is 0 Å². The van der Waals surface area contributed by atoms with E-state index in [0.717, 1.165) is 29.2 Å². The molecule has 0 saturated carbocycles. The Hall–Kier alpha value is -9.03. The molecule has 0 N–H and O–H groups in total. The van der Waals surface area contributed by atoms with E-state index in [9.17, 15) is 0 Å². The zero-order valence-corrected chi connectivity index (χ0v) is 43.0. The quantitative estimate of drug-likeness (QED) is 0.0883. The Morgan fingerprint density at radius 2 is 0.973 bits per heavy atom. The van der Waals surface area contributed by atoms with Crippen LogP contribution >= 0.6 is 0 Å². The van der Waals surface area contributed by atoms with Gasteiger partial charge in [0.1, 0.15) is 5.82 Å². The Kier molecular flexibility index (Phi) is 11.4. The van der Waals surface area contributed by atoms with Gasteiger partial charge in [0, 0.05) is 40.1 Å². The molecule has 12 aromatic rings. The average molecular weight is 1010 g/mol. The van der Waals surface area contributed by atoms with Crippen molar-refractivity contribution in [2.45, 2.75) is 6.42 Å². The fourth-order valence-corrected chi connectivity index (χ4v) is 21.7. The van der Waals surface area contributed by atoms with Gasteiger partial charge in [0.05, 0.1) is 11.0 Å². The normalized spacial score (nSPS) is 12.2. The molecule has 0 radical (unpaired) electrons. The molecule has 74 heavy (non-hydrogen) atoms. The van der Waals surface area contributed by atoms with Gasteiger partial charge >= 0.3 is 253 Å². The summed E-state index contributed by atoms with van der Waals surface area (Å²) in [7, 11) is 0. The molecule has 350 valence electrons. The topological polar surface area (TPSA) is 22.8 Å². The third-order valence-corrected chi connectivity index (χ3v) is 25.2. The van der Waals surface area contributed by atoms with Crippen molar-refractivity contribution in [3.8, 4) is 67.3 Å². The zero-order chi connectivity index (χ0) is 49.6. The summed E-state index contributed by atoms with van der Waals surface area (Å²) in [5, 5.41) is 2.43. The Morgan fingerprint density at radius 3 is 1.64 bits per heavy atom. The van der Waals surface area contributed by atoms with Crippen LogP contribution in [0, 0.1) is 0 Å². The SMILES string of the molecule is C=C/C=[C](\C=C)[Ge]([c]1ccccc1)([c]1ccccc1)[c]1cccc(-c2cccc(-c3cccc(-c4ccc5c(c4)-c4cc(-n6ccnc6-c6ccc7c(c6)c6ccccc6n7-c6ccccc6)ccc4C5)c3)c2)c1. The maximum atomic E-state index is 4.96. The number of imidazole rings is 1. The second-order valence-electron chi connectivity index (χ2n) is 19.2. The number of nitrogens with zero attached hydrogens (tertiary/aromatic N) is 3. The fraction of sp³-hybridized carbons (Fsp3) is 0.0143. The van der Waals surface area contributed by atoms with Crippen LogP contribution in [0.15, 0.2) is 291 Å². The number of hydrogen-bond acceptors (Lipinski definition) is 1. The summed E-state index contributed by atoms with van der Waals surface area (Å²) in [6, 6.07) is 89.3. The summed E-state index contributed by atoms with van der Waals surface area (Å²) in [6.07, 6.45) is 11.1. The van der Waals surface area contributed by atoms with Gasteiger partial charge in [0.25, 0.3) is 0 Å². The van der Waals surface area contributed by atoms with Crippen LogP contribution in [0.2, 0.25) is 0 Å². The van der Waals surface area contributed by atoms with Gasteiger partial charge in [-0.2, -0.15) is 0 Å². The molecule has 2 aromatic heterocycles. The summed E-state index contributed by atoms with van der Waals surface area (Å²) >= 11 is -3.54. The molecule has 0 amide bonds. The number of allylic oxidation sites excluding steroid dienone is 4. The van der Waals surface area contributed by atoms with Gasteiger partial charge < -0.3 is 4.57 Å². The number of hydrogen-bond donors (Lipinski definition) is 0. The van der Waals surface area contributed by atoms with Gasteiger partial charge in [-0.25, -0.2) is 4.98 Å². The van der Waals surface area contributed by atoms with E-state index in [2.05, 4.69) is 283 Å². The first-order chi connectivity index (χ1) is 36.6. The molecule has 4 heteroatoms. The molecule has 0 fully saturated rings. The molecule has 0 unspecified atom stereocenters. The molecule has 0 atom stereocenters. The molecule has 0 bridgehead atoms. The molecule has 0 saturated heterocycles. The molecular formula is C70H51GeN3. The Bertz CT molecular complexity index is 4100. The monoisotopic (exact) mass is 1010 g/mol. The standard InChI is InChI=1S/C70H51GeN3/c1-3-19-58(4-2)71(59-25-8-5-9-26-59,60-27-10-6-11-28-60)61-29-18-24-53(45-61)51-22-16-20-49(42-51)50-21-17-23-52(43-50)54-34-35-55-44-56-36-38-63(48-66(56)65(55)46-54)73-41-40-72-70(73)57-37-39-69-67(47-57)64-32-14-15-33-68(64)74(69)62-30-12-7-13-31-62/h3-43,45-48H,1-2,44H2/b58-19+. The van der Waals surface area contributed by atoms with Gasteiger partial charge in [-0.05, 0) is 71.6 Å². The maximum absolute atomic E-state index is 4.96. The minimum absolute atomic E-state index is 0.915. The Labute approximate surface area is 435 Å². The Balaban J connectivity index is 0.825. The summed E-state index contributed by atoms with van der Waals surface area (Å²) in [4.78, 5) is 4.96.